The van der Waals surface area contributed by atoms with Crippen molar-refractivity contribution in [2.75, 3.05) is 11.1 Å². The second-order valence-corrected chi connectivity index (χ2v) is 8.76. The van der Waals surface area contributed by atoms with Gasteiger partial charge in [-0.25, -0.2) is 19.9 Å². The number of nitrogens with one attached hydrogen (secondary N) is 1. The number of aromatic nitrogens is 5. The molecule has 2 aromatic carbocycles. The van der Waals surface area contributed by atoms with Crippen LogP contribution in [0.3, 0.4) is 0 Å². The molecule has 0 saturated carbocycles. The lowest BCUT2D eigenvalue weighted by atomic mass is 10.1. The van der Waals surface area contributed by atoms with Gasteiger partial charge in [-0.05, 0) is 43.2 Å². The lowest BCUT2D eigenvalue weighted by Crippen LogP contribution is -2.27. The second-order valence-electron chi connectivity index (χ2n) is 8.35. The fourth-order valence-corrected chi connectivity index (χ4v) is 4.28. The number of rotatable bonds is 5. The molecule has 0 radical (unpaired) electrons. The fraction of sp³-hybridized carbons (Fsp3) is 0.107. The van der Waals surface area contributed by atoms with Crippen LogP contribution in [-0.2, 0) is 6.61 Å². The highest BCUT2D eigenvalue weighted by Crippen LogP contribution is 2.26. The summed E-state index contributed by atoms with van der Waals surface area (Å²) < 4.78 is 1.53. The van der Waals surface area contributed by atoms with E-state index in [1.165, 1.54) is 10.9 Å². The van der Waals surface area contributed by atoms with Crippen molar-refractivity contribution < 1.29 is 5.11 Å². The van der Waals surface area contributed by atoms with Crippen LogP contribution in [0.4, 0.5) is 11.6 Å². The van der Waals surface area contributed by atoms with Crippen LogP contribution >= 0.6 is 11.6 Å². The number of hydrogen-bond donors (Lipinski definition) is 3. The first-order chi connectivity index (χ1) is 18.5. The molecule has 0 fully saturated rings. The first kappa shape index (κ1) is 24.9. The number of nitrogens with two attached hydrogens (primary N) is 1. The third-order valence-electron chi connectivity index (χ3n) is 5.87. The van der Waals surface area contributed by atoms with Gasteiger partial charge in [0.2, 0.25) is 0 Å². The molecule has 5 aromatic rings. The molecule has 0 aliphatic heterocycles. The monoisotopic (exact) mass is 523 g/mol. The summed E-state index contributed by atoms with van der Waals surface area (Å²) in [6, 6.07) is 17.3. The first-order valence-corrected chi connectivity index (χ1v) is 12.1. The fourth-order valence-electron chi connectivity index (χ4n) is 4.03. The van der Waals surface area contributed by atoms with E-state index in [-0.39, 0.29) is 18.0 Å². The van der Waals surface area contributed by atoms with Crippen molar-refractivity contribution >= 4 is 34.1 Å². The molecule has 10 heteroatoms. The molecule has 0 saturated heterocycles. The number of nitrogens with zero attached hydrogens (tertiary/aromatic N) is 5. The summed E-state index contributed by atoms with van der Waals surface area (Å²) in [5.74, 6) is 6.90. The summed E-state index contributed by atoms with van der Waals surface area (Å²) >= 11 is 6.39. The van der Waals surface area contributed by atoms with Crippen molar-refractivity contribution in [3.8, 4) is 17.5 Å². The van der Waals surface area contributed by atoms with Crippen LogP contribution in [0.15, 0.2) is 78.0 Å². The van der Waals surface area contributed by atoms with Gasteiger partial charge in [0.15, 0.2) is 0 Å². The number of aliphatic hydroxyl groups excluding tert-OH is 1. The summed E-state index contributed by atoms with van der Waals surface area (Å²) in [7, 11) is 0. The second kappa shape index (κ2) is 10.7. The number of para-hydroxylation sites is 1. The molecule has 4 N–H and O–H groups in total. The standard InChI is InChI=1S/C28H22ClN7O2/c1-17(34-26-20(25(30)32-16-33-26)12-13-22-18(15-37)7-6-14-31-22)27-35-23-11-5-10-21(29)24(23)28(38)36(27)19-8-3-2-4-9-19/h2-11,14,16-17,37H,15H2,1H3,(H3,30,32,33,34). The SMILES string of the molecule is CC(Nc1ncnc(N)c1C#Cc1ncccc1CO)c1nc2cccc(Cl)c2c(=O)n1-c1ccccc1. The topological polar surface area (TPSA) is 132 Å². The Kier molecular flexibility index (Phi) is 7.00. The van der Waals surface area contributed by atoms with E-state index in [9.17, 15) is 9.90 Å². The maximum Gasteiger partial charge on any atom is 0.267 e. The zero-order chi connectivity index (χ0) is 26.6. The first-order valence-electron chi connectivity index (χ1n) is 11.7. The molecule has 0 bridgehead atoms. The Morgan fingerprint density at radius 3 is 2.66 bits per heavy atom. The van der Waals surface area contributed by atoms with E-state index in [0.717, 1.165) is 0 Å². The van der Waals surface area contributed by atoms with E-state index in [1.807, 2.05) is 37.3 Å². The van der Waals surface area contributed by atoms with Crippen LogP contribution in [-0.4, -0.2) is 29.6 Å². The Bertz CT molecular complexity index is 1760. The molecular formula is C28H22ClN7O2. The van der Waals surface area contributed by atoms with Gasteiger partial charge in [0.25, 0.3) is 5.56 Å². The van der Waals surface area contributed by atoms with E-state index >= 15 is 0 Å². The summed E-state index contributed by atoms with van der Waals surface area (Å²) in [5.41, 5.74) is 8.35. The van der Waals surface area contributed by atoms with Crippen molar-refractivity contribution in [3.05, 3.63) is 111 Å². The summed E-state index contributed by atoms with van der Waals surface area (Å²) in [6.45, 7) is 1.66. The van der Waals surface area contributed by atoms with Crippen molar-refractivity contribution in [3.63, 3.8) is 0 Å². The summed E-state index contributed by atoms with van der Waals surface area (Å²) in [5, 5.41) is 13.5. The minimum Gasteiger partial charge on any atom is -0.392 e. The smallest absolute Gasteiger partial charge is 0.267 e. The third-order valence-corrected chi connectivity index (χ3v) is 6.19. The lowest BCUT2D eigenvalue weighted by molar-refractivity contribution is 0.281. The van der Waals surface area contributed by atoms with Crippen molar-refractivity contribution in [1.82, 2.24) is 24.5 Å². The van der Waals surface area contributed by atoms with Gasteiger partial charge < -0.3 is 16.2 Å². The number of pyridine rings is 1. The predicted octanol–water partition coefficient (Wildman–Crippen LogP) is 3.87. The van der Waals surface area contributed by atoms with Gasteiger partial charge in [-0.15, -0.1) is 0 Å². The van der Waals surface area contributed by atoms with E-state index in [1.54, 1.807) is 36.5 Å². The van der Waals surface area contributed by atoms with Gasteiger partial charge in [0.05, 0.1) is 34.3 Å². The number of nitrogen functional groups attached to an aromatic ring is 1. The van der Waals surface area contributed by atoms with Crippen molar-refractivity contribution in [2.45, 2.75) is 19.6 Å². The van der Waals surface area contributed by atoms with Gasteiger partial charge >= 0.3 is 0 Å². The van der Waals surface area contributed by atoms with E-state index < -0.39 is 6.04 Å². The number of hydrogen-bond acceptors (Lipinski definition) is 8. The van der Waals surface area contributed by atoms with Gasteiger partial charge in [-0.2, -0.15) is 0 Å². The predicted molar refractivity (Wildman–Crippen MR) is 147 cm³/mol. The molecule has 0 amide bonds. The minimum atomic E-state index is -0.510. The highest BCUT2D eigenvalue weighted by Gasteiger charge is 2.21. The van der Waals surface area contributed by atoms with Crippen LogP contribution in [0.5, 0.6) is 0 Å². The molecule has 9 nitrogen and oxygen atoms in total. The molecule has 0 aliphatic rings. The Morgan fingerprint density at radius 1 is 1.05 bits per heavy atom. The zero-order valence-corrected chi connectivity index (χ0v) is 21.0. The Morgan fingerprint density at radius 2 is 1.87 bits per heavy atom. The van der Waals surface area contributed by atoms with Crippen LogP contribution in [0.25, 0.3) is 16.6 Å². The molecule has 5 rings (SSSR count). The minimum absolute atomic E-state index is 0.169. The highest BCUT2D eigenvalue weighted by atomic mass is 35.5. The number of aliphatic hydroxyl groups is 1. The molecular weight excluding hydrogens is 502 g/mol. The number of benzene rings is 2. The largest absolute Gasteiger partial charge is 0.392 e. The lowest BCUT2D eigenvalue weighted by Gasteiger charge is -2.21. The van der Waals surface area contributed by atoms with Crippen LogP contribution in [0.2, 0.25) is 5.02 Å². The van der Waals surface area contributed by atoms with Gasteiger partial charge in [0.1, 0.15) is 35.0 Å². The molecule has 3 heterocycles. The van der Waals surface area contributed by atoms with Crippen molar-refractivity contribution in [2.24, 2.45) is 0 Å². The van der Waals surface area contributed by atoms with Crippen LogP contribution in [0.1, 0.15) is 35.6 Å². The van der Waals surface area contributed by atoms with Gasteiger partial charge in [-0.1, -0.05) is 47.9 Å². The molecule has 1 unspecified atom stereocenters. The molecule has 0 spiro atoms. The number of fused-ring (bicyclic) bond motifs is 1. The maximum absolute atomic E-state index is 13.7. The quantitative estimate of drug-likeness (QED) is 0.296. The van der Waals surface area contributed by atoms with Crippen LogP contribution < -0.4 is 16.6 Å². The Hall–Kier alpha value is -4.78. The molecule has 0 aliphatic carbocycles. The van der Waals surface area contributed by atoms with E-state index in [4.69, 9.17) is 22.3 Å². The van der Waals surface area contributed by atoms with E-state index in [2.05, 4.69) is 32.1 Å². The van der Waals surface area contributed by atoms with Crippen molar-refractivity contribution in [1.29, 1.82) is 0 Å². The van der Waals surface area contributed by atoms with Gasteiger partial charge in [-0.3, -0.25) is 9.36 Å². The normalized spacial score (nSPS) is 11.6. The molecule has 3 aromatic heterocycles. The molecule has 188 valence electrons. The molecule has 38 heavy (non-hydrogen) atoms. The van der Waals surface area contributed by atoms with Gasteiger partial charge in [0, 0.05) is 11.8 Å². The Balaban J connectivity index is 1.61. The summed E-state index contributed by atoms with van der Waals surface area (Å²) in [4.78, 5) is 31.1. The average molecular weight is 524 g/mol. The Labute approximate surface area is 223 Å². The maximum atomic E-state index is 13.7. The third kappa shape index (κ3) is 4.78. The van der Waals surface area contributed by atoms with E-state index in [0.29, 0.717) is 50.1 Å². The summed E-state index contributed by atoms with van der Waals surface area (Å²) in [6.07, 6.45) is 2.92. The highest BCUT2D eigenvalue weighted by molar-refractivity contribution is 6.35. The number of halogens is 1. The average Bonchev–Trinajstić information content (AvgIpc) is 2.93. The molecule has 1 atom stereocenters. The van der Waals surface area contributed by atoms with Crippen LogP contribution in [0, 0.1) is 11.8 Å². The number of anilines is 2. The zero-order valence-electron chi connectivity index (χ0n) is 20.3.